The molecule has 1 N–H and O–H groups in total. The number of nitrogens with one attached hydrogen (secondary N) is 1. The number of methoxy groups -OCH3 is 1. The summed E-state index contributed by atoms with van der Waals surface area (Å²) in [4.78, 5) is 7.32. The van der Waals surface area contributed by atoms with E-state index in [-0.39, 0.29) is 0 Å². The summed E-state index contributed by atoms with van der Waals surface area (Å²) in [7, 11) is 3.49. The minimum atomic E-state index is 0.414. The van der Waals surface area contributed by atoms with Crippen molar-refractivity contribution in [3.05, 3.63) is 28.9 Å². The van der Waals surface area contributed by atoms with Crippen LogP contribution in [0.15, 0.2) is 18.5 Å². The van der Waals surface area contributed by atoms with Crippen molar-refractivity contribution in [1.82, 2.24) is 19.7 Å². The number of ether oxygens (including phenoxy) is 1. The molecule has 0 atom stereocenters. The van der Waals surface area contributed by atoms with E-state index < -0.39 is 0 Å². The fourth-order valence-corrected chi connectivity index (χ4v) is 1.66. The summed E-state index contributed by atoms with van der Waals surface area (Å²) in [5, 5.41) is 4.11. The van der Waals surface area contributed by atoms with Crippen molar-refractivity contribution >= 4 is 12.2 Å². The van der Waals surface area contributed by atoms with Gasteiger partial charge in [0.15, 0.2) is 0 Å². The van der Waals surface area contributed by atoms with Crippen molar-refractivity contribution in [2.24, 2.45) is 7.05 Å². The Labute approximate surface area is 98.1 Å². The second-order valence-corrected chi connectivity index (χ2v) is 3.83. The van der Waals surface area contributed by atoms with Crippen LogP contribution in [-0.4, -0.2) is 26.9 Å². The zero-order valence-electron chi connectivity index (χ0n) is 9.10. The largest absolute Gasteiger partial charge is 0.377 e. The maximum absolute atomic E-state index is 5.09. The molecule has 0 spiro atoms. The number of nitrogens with zero attached hydrogens (tertiary/aromatic N) is 3. The first kappa shape index (κ1) is 11.0. The number of hydrogen-bond donors (Lipinski definition) is 1. The maximum atomic E-state index is 5.09. The molecule has 84 valence electrons. The number of H-pyrrole nitrogens is 1. The highest BCUT2D eigenvalue weighted by atomic mass is 32.1. The molecule has 16 heavy (non-hydrogen) atoms. The molecule has 0 amide bonds. The molecule has 0 aliphatic heterocycles. The Morgan fingerprint density at radius 3 is 3.00 bits per heavy atom. The molecule has 2 aromatic heterocycles. The van der Waals surface area contributed by atoms with Crippen molar-refractivity contribution < 1.29 is 4.74 Å². The van der Waals surface area contributed by atoms with Gasteiger partial charge in [0, 0.05) is 25.9 Å². The number of aromatic amines is 1. The molecule has 0 saturated heterocycles. The molecule has 0 bridgehead atoms. The van der Waals surface area contributed by atoms with E-state index >= 15 is 0 Å². The van der Waals surface area contributed by atoms with Crippen LogP contribution in [0.4, 0.5) is 0 Å². The van der Waals surface area contributed by atoms with Gasteiger partial charge in [-0.1, -0.05) is 12.2 Å². The number of rotatable bonds is 3. The quantitative estimate of drug-likeness (QED) is 0.824. The molecule has 2 aromatic rings. The molecule has 0 unspecified atom stereocenters. The van der Waals surface area contributed by atoms with Gasteiger partial charge < -0.3 is 9.72 Å². The second-order valence-electron chi connectivity index (χ2n) is 3.42. The van der Waals surface area contributed by atoms with E-state index in [1.54, 1.807) is 18.0 Å². The molecule has 0 aliphatic rings. The molecular weight excluding hydrogens is 224 g/mol. The molecular formula is C10H12N4OS. The van der Waals surface area contributed by atoms with Crippen molar-refractivity contribution in [3.63, 3.8) is 0 Å². The second kappa shape index (κ2) is 4.54. The highest BCUT2D eigenvalue weighted by Gasteiger charge is 2.03. The highest BCUT2D eigenvalue weighted by molar-refractivity contribution is 7.71. The minimum absolute atomic E-state index is 0.414. The van der Waals surface area contributed by atoms with E-state index in [9.17, 15) is 0 Å². The summed E-state index contributed by atoms with van der Waals surface area (Å²) in [6, 6.07) is 1.81. The molecule has 0 aliphatic carbocycles. The monoisotopic (exact) mass is 236 g/mol. The Bertz CT molecular complexity index is 546. The maximum Gasteiger partial charge on any atom is 0.134 e. The van der Waals surface area contributed by atoms with Crippen LogP contribution in [0, 0.1) is 4.64 Å². The number of aromatic nitrogens is 4. The van der Waals surface area contributed by atoms with Crippen LogP contribution in [0.5, 0.6) is 0 Å². The molecule has 5 nitrogen and oxygen atoms in total. The van der Waals surface area contributed by atoms with Crippen molar-refractivity contribution in [2.75, 3.05) is 7.11 Å². The van der Waals surface area contributed by atoms with Gasteiger partial charge in [-0.2, -0.15) is 5.10 Å². The van der Waals surface area contributed by atoms with Gasteiger partial charge in [-0.25, -0.2) is 4.98 Å². The van der Waals surface area contributed by atoms with Crippen LogP contribution in [0.1, 0.15) is 5.82 Å². The van der Waals surface area contributed by atoms with Gasteiger partial charge in [0.25, 0.3) is 0 Å². The Morgan fingerprint density at radius 1 is 1.56 bits per heavy atom. The van der Waals surface area contributed by atoms with Crippen LogP contribution < -0.4 is 0 Å². The molecule has 0 radical (unpaired) electrons. The third-order valence-electron chi connectivity index (χ3n) is 2.09. The topological polar surface area (TPSA) is 55.7 Å². The zero-order chi connectivity index (χ0) is 11.5. The van der Waals surface area contributed by atoms with Crippen molar-refractivity contribution in [3.8, 4) is 11.3 Å². The Balaban J connectivity index is 2.44. The first-order valence-electron chi connectivity index (χ1n) is 4.77. The van der Waals surface area contributed by atoms with Gasteiger partial charge in [0.2, 0.25) is 0 Å². The lowest BCUT2D eigenvalue weighted by molar-refractivity contribution is 0.177. The Hall–Kier alpha value is -1.53. The van der Waals surface area contributed by atoms with Gasteiger partial charge in [-0.15, -0.1) is 0 Å². The van der Waals surface area contributed by atoms with Crippen LogP contribution in [-0.2, 0) is 18.4 Å². The minimum Gasteiger partial charge on any atom is -0.377 e. The lowest BCUT2D eigenvalue weighted by Crippen LogP contribution is -1.98. The fourth-order valence-electron chi connectivity index (χ4n) is 1.43. The lowest BCUT2D eigenvalue weighted by atomic mass is 10.2. The third kappa shape index (κ3) is 2.34. The number of aryl methyl sites for hydroxylation is 1. The average Bonchev–Trinajstić information content (AvgIpc) is 2.64. The van der Waals surface area contributed by atoms with Gasteiger partial charge in [0.1, 0.15) is 17.1 Å². The first-order valence-corrected chi connectivity index (χ1v) is 5.18. The van der Waals surface area contributed by atoms with E-state index in [0.717, 1.165) is 11.3 Å². The van der Waals surface area contributed by atoms with E-state index in [4.69, 9.17) is 17.0 Å². The smallest absolute Gasteiger partial charge is 0.134 e. The van der Waals surface area contributed by atoms with Gasteiger partial charge >= 0.3 is 0 Å². The molecule has 2 rings (SSSR count). The van der Waals surface area contributed by atoms with Crippen LogP contribution in [0.25, 0.3) is 11.3 Å². The summed E-state index contributed by atoms with van der Waals surface area (Å²) < 4.78 is 7.30. The van der Waals surface area contributed by atoms with Gasteiger partial charge in [0.05, 0.1) is 11.9 Å². The predicted molar refractivity (Wildman–Crippen MR) is 62.3 cm³/mol. The lowest BCUT2D eigenvalue weighted by Gasteiger charge is -2.02. The summed E-state index contributed by atoms with van der Waals surface area (Å²) >= 11 is 5.09. The van der Waals surface area contributed by atoms with E-state index in [0.29, 0.717) is 17.1 Å². The van der Waals surface area contributed by atoms with E-state index in [1.807, 2.05) is 19.3 Å². The summed E-state index contributed by atoms with van der Waals surface area (Å²) in [6.07, 6.45) is 3.69. The number of hydrogen-bond acceptors (Lipinski definition) is 4. The summed E-state index contributed by atoms with van der Waals surface area (Å²) in [6.45, 7) is 0.414. The van der Waals surface area contributed by atoms with E-state index in [1.165, 1.54) is 0 Å². The first-order chi connectivity index (χ1) is 7.69. The summed E-state index contributed by atoms with van der Waals surface area (Å²) in [5.41, 5.74) is 1.88. The van der Waals surface area contributed by atoms with Crippen LogP contribution in [0.2, 0.25) is 0 Å². The molecule has 0 fully saturated rings. The van der Waals surface area contributed by atoms with Crippen molar-refractivity contribution in [1.29, 1.82) is 0 Å². The Kier molecular flexibility index (Phi) is 3.12. The predicted octanol–water partition coefficient (Wildman–Crippen LogP) is 1.69. The molecule has 6 heteroatoms. The molecule has 0 saturated carbocycles. The summed E-state index contributed by atoms with van der Waals surface area (Å²) in [5.74, 6) is 0.717. The molecule has 0 aromatic carbocycles. The third-order valence-corrected chi connectivity index (χ3v) is 2.30. The van der Waals surface area contributed by atoms with E-state index in [2.05, 4.69) is 15.1 Å². The van der Waals surface area contributed by atoms with Crippen LogP contribution in [0.3, 0.4) is 0 Å². The van der Waals surface area contributed by atoms with Gasteiger partial charge in [-0.05, 0) is 6.07 Å². The normalized spacial score (nSPS) is 10.6. The average molecular weight is 236 g/mol. The zero-order valence-corrected chi connectivity index (χ0v) is 9.91. The van der Waals surface area contributed by atoms with Crippen LogP contribution >= 0.6 is 12.2 Å². The van der Waals surface area contributed by atoms with Crippen molar-refractivity contribution in [2.45, 2.75) is 6.61 Å². The Morgan fingerprint density at radius 2 is 2.38 bits per heavy atom. The fraction of sp³-hybridized carbons (Fsp3) is 0.300. The SMILES string of the molecule is COCc1nc(=S)cc(-c2cnn(C)c2)[nH]1. The standard InChI is InChI=1S/C10H12N4OS/c1-14-5-7(4-11-14)8-3-10(16)13-9(12-8)6-15-2/h3-5H,6H2,1-2H3,(H,12,13,16). The van der Waals surface area contributed by atoms with Gasteiger partial charge in [-0.3, -0.25) is 4.68 Å². The molecule has 2 heterocycles. The highest BCUT2D eigenvalue weighted by Crippen LogP contribution is 2.15.